The van der Waals surface area contributed by atoms with Crippen LogP contribution in [-0.2, 0) is 14.4 Å². The Hall–Kier alpha value is -2.25. The van der Waals surface area contributed by atoms with Crippen LogP contribution in [0.2, 0.25) is 5.28 Å². The van der Waals surface area contributed by atoms with Crippen LogP contribution in [0.4, 0.5) is 5.82 Å². The van der Waals surface area contributed by atoms with Gasteiger partial charge in [0.25, 0.3) is 0 Å². The van der Waals surface area contributed by atoms with Gasteiger partial charge in [0.1, 0.15) is 0 Å². The van der Waals surface area contributed by atoms with Crippen molar-refractivity contribution in [3.8, 4) is 0 Å². The first-order chi connectivity index (χ1) is 8.70. The molecule has 2 aromatic rings. The first-order valence-corrected chi connectivity index (χ1v) is 5.18. The van der Waals surface area contributed by atoms with Crippen LogP contribution in [0.3, 0.4) is 0 Å². The average Bonchev–Trinajstić information content (AvgIpc) is 2.38. The third-order valence-corrected chi connectivity index (χ3v) is 2.16. The lowest BCUT2D eigenvalue weighted by Gasteiger charge is -2.08. The molecule has 0 saturated carbocycles. The lowest BCUT2D eigenvalue weighted by atomic mass is 10.2. The van der Waals surface area contributed by atoms with Crippen molar-refractivity contribution in [2.75, 3.05) is 5.43 Å². The zero-order chi connectivity index (χ0) is 13.0. The van der Waals surface area contributed by atoms with Gasteiger partial charge in [0, 0.05) is 5.39 Å². The maximum absolute atomic E-state index is 10.6. The minimum absolute atomic E-state index is 0.0275. The van der Waals surface area contributed by atoms with Gasteiger partial charge in [0.05, 0.1) is 5.52 Å². The molecule has 1 aromatic heterocycles. The fourth-order valence-electron chi connectivity index (χ4n) is 1.29. The minimum atomic E-state index is -1.06. The van der Waals surface area contributed by atoms with E-state index in [9.17, 15) is 9.59 Å². The Bertz CT molecular complexity index is 605. The fraction of sp³-hybridized carbons (Fsp3) is 0. The molecular formula is C10H7ClN4O3. The number of benzene rings is 1. The molecule has 2 N–H and O–H groups in total. The van der Waals surface area contributed by atoms with Gasteiger partial charge in [-0.2, -0.15) is 4.98 Å². The number of rotatable bonds is 4. The lowest BCUT2D eigenvalue weighted by molar-refractivity contribution is -0.153. The van der Waals surface area contributed by atoms with E-state index in [1.165, 1.54) is 0 Å². The molecule has 8 heteroatoms. The van der Waals surface area contributed by atoms with Gasteiger partial charge >= 0.3 is 5.97 Å². The Kier molecular flexibility index (Phi) is 3.66. The van der Waals surface area contributed by atoms with Crippen LogP contribution < -0.4 is 11.0 Å². The molecule has 0 aliphatic heterocycles. The number of para-hydroxylation sites is 1. The van der Waals surface area contributed by atoms with Gasteiger partial charge in [-0.15, -0.1) is 0 Å². The number of hydrogen-bond acceptors (Lipinski definition) is 7. The number of aromatic nitrogens is 2. The summed E-state index contributed by atoms with van der Waals surface area (Å²) in [5, 5.41) is 0.719. The zero-order valence-electron chi connectivity index (χ0n) is 8.88. The number of halogens is 1. The molecule has 0 unspecified atom stereocenters. The Labute approximate surface area is 106 Å². The van der Waals surface area contributed by atoms with E-state index in [4.69, 9.17) is 11.6 Å². The summed E-state index contributed by atoms with van der Waals surface area (Å²) in [6, 6.07) is 7.11. The highest BCUT2D eigenvalue weighted by Gasteiger charge is 2.06. The molecule has 0 fully saturated rings. The maximum Gasteiger partial charge on any atom is 0.391 e. The standard InChI is InChI=1S/C10H7ClN4O3/c11-10-12-7-4-2-1-3-6(7)9(13-10)14-15-18-8(17)5-16/h1-5,15H,(H,12,13,14). The van der Waals surface area contributed by atoms with Crippen LogP contribution in [-0.4, -0.2) is 22.2 Å². The van der Waals surface area contributed by atoms with E-state index in [0.717, 1.165) is 0 Å². The van der Waals surface area contributed by atoms with E-state index in [2.05, 4.69) is 25.8 Å². The highest BCUT2D eigenvalue weighted by Crippen LogP contribution is 2.20. The first kappa shape index (κ1) is 12.2. The van der Waals surface area contributed by atoms with E-state index >= 15 is 0 Å². The summed E-state index contributed by atoms with van der Waals surface area (Å²) in [4.78, 5) is 32.9. The number of carbonyl (C=O) groups excluding carboxylic acids is 2. The topological polar surface area (TPSA) is 93.2 Å². The van der Waals surface area contributed by atoms with Crippen LogP contribution in [0.25, 0.3) is 10.9 Å². The number of nitrogens with zero attached hydrogens (tertiary/aromatic N) is 2. The molecule has 92 valence electrons. The Morgan fingerprint density at radius 3 is 2.89 bits per heavy atom. The molecular weight excluding hydrogens is 260 g/mol. The molecule has 0 spiro atoms. The number of hydrazine groups is 1. The second-order valence-electron chi connectivity index (χ2n) is 3.12. The van der Waals surface area contributed by atoms with Crippen molar-refractivity contribution in [3.05, 3.63) is 29.5 Å². The molecule has 0 amide bonds. The monoisotopic (exact) mass is 266 g/mol. The second kappa shape index (κ2) is 5.39. The zero-order valence-corrected chi connectivity index (χ0v) is 9.64. The molecule has 18 heavy (non-hydrogen) atoms. The van der Waals surface area contributed by atoms with Gasteiger partial charge < -0.3 is 4.84 Å². The third kappa shape index (κ3) is 2.70. The third-order valence-electron chi connectivity index (χ3n) is 1.99. The molecule has 0 aliphatic rings. The van der Waals surface area contributed by atoms with E-state index in [1.807, 2.05) is 0 Å². The lowest BCUT2D eigenvalue weighted by Crippen LogP contribution is -2.27. The van der Waals surface area contributed by atoms with Crippen LogP contribution in [0.5, 0.6) is 0 Å². The summed E-state index contributed by atoms with van der Waals surface area (Å²) >= 11 is 5.74. The van der Waals surface area contributed by atoms with E-state index < -0.39 is 5.97 Å². The molecule has 1 aromatic carbocycles. The normalized spacial score (nSPS) is 10.1. The summed E-state index contributed by atoms with van der Waals surface area (Å²) in [6.45, 7) is 0. The van der Waals surface area contributed by atoms with Crippen LogP contribution >= 0.6 is 11.6 Å². The van der Waals surface area contributed by atoms with Gasteiger partial charge in [0.2, 0.25) is 11.6 Å². The number of aldehydes is 1. The molecule has 0 aliphatic carbocycles. The second-order valence-corrected chi connectivity index (χ2v) is 3.46. The van der Waals surface area contributed by atoms with Crippen LogP contribution in [0.15, 0.2) is 24.3 Å². The number of carbonyl (C=O) groups is 2. The van der Waals surface area contributed by atoms with E-state index in [1.54, 1.807) is 24.3 Å². The molecule has 0 atom stereocenters. The number of hydrogen-bond donors (Lipinski definition) is 2. The van der Waals surface area contributed by atoms with Crippen molar-refractivity contribution in [2.45, 2.75) is 0 Å². The summed E-state index contributed by atoms with van der Waals surface area (Å²) in [5.74, 6) is -0.740. The minimum Gasteiger partial charge on any atom is -0.344 e. The molecule has 7 nitrogen and oxygen atoms in total. The predicted molar refractivity (Wildman–Crippen MR) is 63.5 cm³/mol. The number of nitrogens with one attached hydrogen (secondary N) is 2. The van der Waals surface area contributed by atoms with Crippen molar-refractivity contribution in [1.29, 1.82) is 0 Å². The highest BCUT2D eigenvalue weighted by atomic mass is 35.5. The summed E-state index contributed by atoms with van der Waals surface area (Å²) < 4.78 is 0. The SMILES string of the molecule is O=CC(=O)ONNc1nc(Cl)nc2ccccc12. The molecule has 1 heterocycles. The van der Waals surface area contributed by atoms with Crippen molar-refractivity contribution in [2.24, 2.45) is 0 Å². The van der Waals surface area contributed by atoms with Gasteiger partial charge in [-0.3, -0.25) is 10.2 Å². The number of fused-ring (bicyclic) bond motifs is 1. The Morgan fingerprint density at radius 1 is 1.33 bits per heavy atom. The van der Waals surface area contributed by atoms with Crippen molar-refractivity contribution in [1.82, 2.24) is 15.6 Å². The fourth-order valence-corrected chi connectivity index (χ4v) is 1.47. The van der Waals surface area contributed by atoms with Crippen molar-refractivity contribution >= 4 is 40.6 Å². The first-order valence-electron chi connectivity index (χ1n) is 4.80. The van der Waals surface area contributed by atoms with Gasteiger partial charge in [-0.1, -0.05) is 17.7 Å². The average molecular weight is 267 g/mol. The molecule has 0 radical (unpaired) electrons. The van der Waals surface area contributed by atoms with Crippen LogP contribution in [0, 0.1) is 0 Å². The maximum atomic E-state index is 10.6. The van der Waals surface area contributed by atoms with E-state index in [0.29, 0.717) is 16.7 Å². The highest BCUT2D eigenvalue weighted by molar-refractivity contribution is 6.28. The summed E-state index contributed by atoms with van der Waals surface area (Å²) in [7, 11) is 0. The van der Waals surface area contributed by atoms with Gasteiger partial charge in [0.15, 0.2) is 5.82 Å². The van der Waals surface area contributed by atoms with E-state index in [-0.39, 0.29) is 11.6 Å². The Morgan fingerprint density at radius 2 is 2.11 bits per heavy atom. The Balaban J connectivity index is 2.21. The van der Waals surface area contributed by atoms with Crippen LogP contribution in [0.1, 0.15) is 0 Å². The molecule has 2 rings (SSSR count). The largest absolute Gasteiger partial charge is 0.391 e. The quantitative estimate of drug-likeness (QED) is 0.367. The molecule has 0 bridgehead atoms. The number of anilines is 1. The van der Waals surface area contributed by atoms with Gasteiger partial charge in [-0.05, 0) is 23.7 Å². The summed E-state index contributed by atoms with van der Waals surface area (Å²) in [5.41, 5.74) is 5.23. The van der Waals surface area contributed by atoms with Crippen molar-refractivity contribution in [3.63, 3.8) is 0 Å². The van der Waals surface area contributed by atoms with Gasteiger partial charge in [-0.25, -0.2) is 9.78 Å². The summed E-state index contributed by atoms with van der Waals surface area (Å²) in [6.07, 6.45) is 0.0275. The predicted octanol–water partition coefficient (Wildman–Crippen LogP) is 0.857. The van der Waals surface area contributed by atoms with Crippen molar-refractivity contribution < 1.29 is 14.4 Å². The molecule has 0 saturated heterocycles. The smallest absolute Gasteiger partial charge is 0.344 e.